The van der Waals surface area contributed by atoms with E-state index in [9.17, 15) is 52.7 Å². The molecule has 0 N–H and O–H groups in total. The van der Waals surface area contributed by atoms with Crippen LogP contribution in [0, 0.1) is 6.07 Å². The van der Waals surface area contributed by atoms with Crippen molar-refractivity contribution in [1.29, 1.82) is 0 Å². The second kappa shape index (κ2) is 25.4. The van der Waals surface area contributed by atoms with Gasteiger partial charge in [-0.15, -0.1) is 0 Å². The van der Waals surface area contributed by atoms with Crippen molar-refractivity contribution in [3.05, 3.63) is 125 Å². The maximum Gasteiger partial charge on any atom is 0.864 e. The van der Waals surface area contributed by atoms with Gasteiger partial charge in [0.25, 0.3) is 0 Å². The highest BCUT2D eigenvalue weighted by Gasteiger charge is 2.41. The van der Waals surface area contributed by atoms with E-state index in [0.717, 1.165) is 105 Å². The number of hydrogen-bond acceptors (Lipinski definition) is 3. The molecule has 17 heteroatoms. The first-order valence-corrected chi connectivity index (χ1v) is 22.0. The molecule has 1 atom stereocenters. The van der Waals surface area contributed by atoms with Crippen molar-refractivity contribution in [3.8, 4) is 17.2 Å². The molecule has 4 aromatic carbocycles. The van der Waals surface area contributed by atoms with Gasteiger partial charge in [-0.3, -0.25) is 0 Å². The van der Waals surface area contributed by atoms with Gasteiger partial charge in [0, 0.05) is 6.42 Å². The van der Waals surface area contributed by atoms with Gasteiger partial charge in [-0.25, -0.2) is 0 Å². The molecule has 0 fully saturated rings. The highest BCUT2D eigenvalue weighted by atomic mass is 19.4. The van der Waals surface area contributed by atoms with Crippen LogP contribution in [0.15, 0.2) is 91.0 Å². The molecule has 0 heterocycles. The lowest BCUT2D eigenvalue weighted by Gasteiger charge is -2.44. The Labute approximate surface area is 375 Å². The molecule has 0 amide bonds. The van der Waals surface area contributed by atoms with Crippen molar-refractivity contribution in [2.45, 2.75) is 135 Å². The van der Waals surface area contributed by atoms with Crippen LogP contribution < -0.4 is 14.0 Å². The summed E-state index contributed by atoms with van der Waals surface area (Å²) in [5, 5.41) is 0. The van der Waals surface area contributed by atoms with Gasteiger partial charge >= 0.3 is 32.0 Å². The van der Waals surface area contributed by atoms with Crippen LogP contribution in [0.25, 0.3) is 0 Å². The molecule has 1 unspecified atom stereocenters. The fourth-order valence-electron chi connectivity index (χ4n) is 7.57. The molecule has 0 saturated carbocycles. The fraction of sp³-hybridized carbons (Fsp3) is 0.500. The summed E-state index contributed by atoms with van der Waals surface area (Å²) < 4.78 is 176. The minimum atomic E-state index is -4.68. The Morgan fingerprint density at radius 3 is 1.20 bits per heavy atom. The van der Waals surface area contributed by atoms with E-state index < -0.39 is 60.3 Å². The maximum atomic E-state index is 14.3. The topological polar surface area (TPSA) is 27.7 Å². The molecule has 4 aromatic rings. The van der Waals surface area contributed by atoms with E-state index >= 15 is 0 Å². The highest BCUT2D eigenvalue weighted by molar-refractivity contribution is 6.39. The van der Waals surface area contributed by atoms with Gasteiger partial charge in [0.05, 0.1) is 41.9 Å². The van der Waals surface area contributed by atoms with E-state index in [-0.39, 0.29) is 22.8 Å². The summed E-state index contributed by atoms with van der Waals surface area (Å²) in [6.45, 7) is 9.97. The quantitative estimate of drug-likeness (QED) is 0.0244. The predicted molar refractivity (Wildman–Crippen MR) is 228 cm³/mol. The van der Waals surface area contributed by atoms with Gasteiger partial charge in [0.2, 0.25) is 0 Å². The van der Waals surface area contributed by atoms with Crippen LogP contribution in [-0.4, -0.2) is 31.4 Å². The molecular formula is C48H58BF12NO3. The van der Waals surface area contributed by atoms with E-state index in [4.69, 9.17) is 14.0 Å². The third-order valence-electron chi connectivity index (χ3n) is 11.4. The van der Waals surface area contributed by atoms with Crippen LogP contribution in [0.5, 0.6) is 17.2 Å². The van der Waals surface area contributed by atoms with E-state index in [0.29, 0.717) is 30.5 Å². The van der Waals surface area contributed by atoms with Gasteiger partial charge in [0.1, 0.15) is 23.3 Å². The predicted octanol–water partition coefficient (Wildman–Crippen LogP) is 16.4. The van der Waals surface area contributed by atoms with Crippen LogP contribution in [0.4, 0.5) is 52.7 Å². The molecule has 0 aliphatic rings. The molecular weight excluding hydrogens is 877 g/mol. The summed E-state index contributed by atoms with van der Waals surface area (Å²) >= 11 is 0. The second-order valence-corrected chi connectivity index (χ2v) is 15.7. The molecule has 4 rings (SSSR count). The van der Waals surface area contributed by atoms with Crippen molar-refractivity contribution < 1.29 is 71.1 Å². The zero-order chi connectivity index (χ0) is 48.3. The Morgan fingerprint density at radius 2 is 0.831 bits per heavy atom. The largest absolute Gasteiger partial charge is 0.864 e. The first-order chi connectivity index (χ1) is 30.6. The smallest absolute Gasteiger partial charge is 0.490 e. The van der Waals surface area contributed by atoms with Crippen LogP contribution in [0.3, 0.4) is 0 Å². The summed E-state index contributed by atoms with van der Waals surface area (Å²) in [4.78, 5) is 0. The summed E-state index contributed by atoms with van der Waals surface area (Å²) in [5.74, 6) is -0.295. The Morgan fingerprint density at radius 1 is 0.462 bits per heavy atom. The van der Waals surface area contributed by atoms with Crippen molar-refractivity contribution in [3.63, 3.8) is 0 Å². The Balaban J connectivity index is 0.000000985. The SMILES string of the molecule is CCCCCCCCCCCCCC(c1cc(C(F)(F)F)ccc1OB(Oc1ccc(C(F)(F)F)cc1)Oc1ccc(C(F)(F)F)cc1)[N+](CC)(CC)CC.FC(F)(F)c1cc[c-]cc1. The van der Waals surface area contributed by atoms with Gasteiger partial charge in [-0.1, -0.05) is 76.7 Å². The summed E-state index contributed by atoms with van der Waals surface area (Å²) in [6.07, 6.45) is -5.39. The Kier molecular flexibility index (Phi) is 21.4. The monoisotopic (exact) mass is 935 g/mol. The van der Waals surface area contributed by atoms with Crippen molar-refractivity contribution in [2.24, 2.45) is 0 Å². The minimum Gasteiger partial charge on any atom is -0.490 e. The first-order valence-electron chi connectivity index (χ1n) is 22.0. The average molecular weight is 936 g/mol. The summed E-state index contributed by atoms with van der Waals surface area (Å²) in [7, 11) is -1.82. The van der Waals surface area contributed by atoms with Gasteiger partial charge in [0.15, 0.2) is 0 Å². The standard InChI is InChI=1S/C41H54BF9NO3.C7H4F3/c1-5-9-10-11-12-13-14-15-16-17-18-19-37(52(6-2,7-3)8-4)36-30-33(41(49,50)51)24-29-38(36)55-42(53-34-25-20-31(21-26-34)39(43,44)45)54-35-27-22-32(23-28-35)40(46,47)48;8-7(9,10)6-4-2-1-3-5-6/h20-30,37H,5-19H2,1-4H3;2-5H/q+1;-1. The van der Waals surface area contributed by atoms with Crippen LogP contribution in [0.2, 0.25) is 0 Å². The molecule has 0 saturated heterocycles. The zero-order valence-corrected chi connectivity index (χ0v) is 37.1. The number of unbranched alkanes of at least 4 members (excludes halogenated alkanes) is 10. The normalized spacial score (nSPS) is 12.9. The number of quaternary nitrogens is 1. The molecule has 65 heavy (non-hydrogen) atoms. The molecule has 0 aliphatic carbocycles. The van der Waals surface area contributed by atoms with E-state index in [1.807, 2.05) is 20.8 Å². The van der Waals surface area contributed by atoms with Gasteiger partial charge in [-0.2, -0.15) is 83.0 Å². The van der Waals surface area contributed by atoms with Gasteiger partial charge < -0.3 is 18.4 Å². The lowest BCUT2D eigenvalue weighted by Crippen LogP contribution is -2.50. The lowest BCUT2D eigenvalue weighted by molar-refractivity contribution is -0.953. The number of halogens is 12. The molecule has 0 radical (unpaired) electrons. The van der Waals surface area contributed by atoms with Crippen molar-refractivity contribution >= 4 is 7.32 Å². The highest BCUT2D eigenvalue weighted by Crippen LogP contribution is 2.42. The summed E-state index contributed by atoms with van der Waals surface area (Å²) in [6, 6.07) is 16.8. The summed E-state index contributed by atoms with van der Waals surface area (Å²) in [5.41, 5.74) is -3.17. The average Bonchev–Trinajstić information content (AvgIpc) is 3.25. The Bertz CT molecular complexity index is 1860. The number of benzene rings is 4. The van der Waals surface area contributed by atoms with Gasteiger partial charge in [-0.05, 0) is 93.9 Å². The second-order valence-electron chi connectivity index (χ2n) is 15.7. The lowest BCUT2D eigenvalue weighted by atomic mass is 9.92. The van der Waals surface area contributed by atoms with Crippen LogP contribution in [0.1, 0.15) is 139 Å². The zero-order valence-electron chi connectivity index (χ0n) is 37.1. The fourth-order valence-corrected chi connectivity index (χ4v) is 7.57. The molecule has 360 valence electrons. The Hall–Kier alpha value is -4.54. The number of hydrogen-bond donors (Lipinski definition) is 0. The minimum absolute atomic E-state index is 0.0113. The maximum absolute atomic E-state index is 14.3. The number of rotatable bonds is 23. The molecule has 0 aliphatic heterocycles. The van der Waals surface area contributed by atoms with E-state index in [1.165, 1.54) is 56.7 Å². The van der Waals surface area contributed by atoms with E-state index in [2.05, 4.69) is 13.0 Å². The number of alkyl halides is 12. The molecule has 0 spiro atoms. The van der Waals surface area contributed by atoms with Crippen LogP contribution >= 0.6 is 0 Å². The van der Waals surface area contributed by atoms with E-state index in [1.54, 1.807) is 0 Å². The van der Waals surface area contributed by atoms with Crippen molar-refractivity contribution in [2.75, 3.05) is 19.6 Å². The molecule has 4 nitrogen and oxygen atoms in total. The molecule has 0 aromatic heterocycles. The van der Waals surface area contributed by atoms with Crippen LogP contribution in [-0.2, 0) is 24.7 Å². The number of nitrogens with zero attached hydrogens (tertiary/aromatic N) is 1. The third kappa shape index (κ3) is 18.0. The first kappa shape index (κ1) is 54.8. The third-order valence-corrected chi connectivity index (χ3v) is 11.4. The molecule has 0 bridgehead atoms. The van der Waals surface area contributed by atoms with Crippen molar-refractivity contribution in [1.82, 2.24) is 0 Å².